The van der Waals surface area contributed by atoms with E-state index in [1.54, 1.807) is 12.2 Å². The number of methoxy groups -OCH3 is 2. The number of ether oxygens (including phenoxy) is 3. The number of ketones is 3. The number of carbonyl (C=O) groups excluding carboxylic acids is 4. The molecule has 0 aliphatic carbocycles. The lowest BCUT2D eigenvalue weighted by atomic mass is 9.92. The van der Waals surface area contributed by atoms with E-state index >= 15 is 0 Å². The number of benzene rings is 4. The standard InChI is InChI=1S/C29H35NO6.C16H14N2O.C12H20O5.ClH/c1-29(2,3)15-14-22(31)26(34)27(35)28(36-4)24(33)17-21-23(32)16-19-12-8-9-13-20(19)25(30-21)18-10-6-5-7-11-18;17-16-14(19)10-12-8-4-5-9-13(12)15(18-16)11-6-2-1-3-7-11;1-12(2,3)6-5-7(13)9-8(14)10(16-4)11(15)17-9;/h5-15,21-22,26-28,31,34-35H,16-17H2,1-4H3;1-9,16H,10,17H2;5-10,13-14H,1-4H3;1H/b15-14+;;6-5+;/t21?,22-,26+,27-,28+;;7-,8-,9+,10-;/m1.1./s1. The number of hydrogen-bond donors (Lipinski definition) is 6. The van der Waals surface area contributed by atoms with Crippen molar-refractivity contribution in [2.75, 3.05) is 14.2 Å². The van der Waals surface area contributed by atoms with Gasteiger partial charge in [-0.2, -0.15) is 0 Å². The van der Waals surface area contributed by atoms with Gasteiger partial charge in [0.15, 0.2) is 35.7 Å². The highest BCUT2D eigenvalue weighted by Crippen LogP contribution is 2.26. The summed E-state index contributed by atoms with van der Waals surface area (Å²) in [6.45, 7) is 11.7. The largest absolute Gasteiger partial charge is 0.454 e. The highest BCUT2D eigenvalue weighted by Gasteiger charge is 2.47. The molecule has 4 aromatic rings. The van der Waals surface area contributed by atoms with Gasteiger partial charge in [-0.3, -0.25) is 24.4 Å². The van der Waals surface area contributed by atoms with E-state index in [2.05, 4.69) is 4.99 Å². The van der Waals surface area contributed by atoms with Gasteiger partial charge in [-0.15, -0.1) is 12.4 Å². The van der Waals surface area contributed by atoms with Crippen molar-refractivity contribution in [3.05, 3.63) is 167 Å². The van der Waals surface area contributed by atoms with Crippen molar-refractivity contribution >= 4 is 47.1 Å². The molecule has 73 heavy (non-hydrogen) atoms. The molecule has 7 rings (SSSR count). The number of aliphatic hydroxyl groups excluding tert-OH is 5. The lowest BCUT2D eigenvalue weighted by molar-refractivity contribution is -0.150. The summed E-state index contributed by atoms with van der Waals surface area (Å²) < 4.78 is 14.9. The van der Waals surface area contributed by atoms with Crippen LogP contribution in [0.4, 0.5) is 0 Å². The average molecular weight is 1020 g/mol. The van der Waals surface area contributed by atoms with E-state index in [0.29, 0.717) is 12.1 Å². The summed E-state index contributed by atoms with van der Waals surface area (Å²) in [6.07, 6.45) is -4.55. The molecule has 0 amide bonds. The molecule has 3 aliphatic heterocycles. The van der Waals surface area contributed by atoms with Gasteiger partial charge >= 0.3 is 5.97 Å². The number of fused-ring (bicyclic) bond motifs is 2. The first-order valence-electron chi connectivity index (χ1n) is 23.8. The Bertz CT molecular complexity index is 2610. The number of cyclic esters (lactones) is 1. The van der Waals surface area contributed by atoms with Crippen molar-refractivity contribution in [3.63, 3.8) is 0 Å². The van der Waals surface area contributed by atoms with Gasteiger partial charge in [-0.05, 0) is 22.0 Å². The first-order valence-corrected chi connectivity index (χ1v) is 23.8. The number of Topliss-reactive ketones (excluding diaryl/α,β-unsaturated/α-hetero) is 3. The smallest absolute Gasteiger partial charge is 0.338 e. The number of aliphatic imine (C=N–C) groups is 2. The van der Waals surface area contributed by atoms with E-state index in [0.717, 1.165) is 39.1 Å². The van der Waals surface area contributed by atoms with Crippen LogP contribution >= 0.6 is 12.4 Å². The molecule has 0 spiro atoms. The molecule has 2 unspecified atom stereocenters. The maximum absolute atomic E-state index is 13.2. The zero-order valence-electron chi connectivity index (χ0n) is 42.6. The Kier molecular flexibility index (Phi) is 22.0. The van der Waals surface area contributed by atoms with Crippen molar-refractivity contribution in [3.8, 4) is 0 Å². The zero-order valence-corrected chi connectivity index (χ0v) is 43.4. The molecule has 392 valence electrons. The minimum absolute atomic E-state index is 0. The van der Waals surface area contributed by atoms with Crippen molar-refractivity contribution in [1.29, 1.82) is 0 Å². The molecule has 0 bridgehead atoms. The Balaban J connectivity index is 0.000000261. The SMILES string of the molecule is CO[C@@H](C(=O)CC1N=C(c2ccccc2)c2ccccc2CC1=O)[C@H](O)[C@@H](O)[C@H](O)/C=C/C(C)(C)C.CO[C@H]1C(=O)O[C@@H]([C@H](O)/C=C/C(C)(C)C)[C@H]1O.Cl.NC1N=C(c2ccccc2)c2ccccc2CC1=O. The van der Waals surface area contributed by atoms with Gasteiger partial charge in [-0.1, -0.05) is 175 Å². The third-order valence-corrected chi connectivity index (χ3v) is 11.9. The summed E-state index contributed by atoms with van der Waals surface area (Å²) >= 11 is 0. The normalized spacial score (nSPS) is 21.9. The van der Waals surface area contributed by atoms with Crippen molar-refractivity contribution in [2.45, 2.75) is 122 Å². The quantitative estimate of drug-likeness (QED) is 0.0738. The average Bonchev–Trinajstić information content (AvgIpc) is 3.47. The summed E-state index contributed by atoms with van der Waals surface area (Å²) in [5.74, 6) is -1.50. The molecule has 7 N–H and O–H groups in total. The van der Waals surface area contributed by atoms with E-state index in [9.17, 15) is 44.7 Å². The van der Waals surface area contributed by atoms with Crippen LogP contribution in [0.25, 0.3) is 0 Å². The Morgan fingerprint density at radius 3 is 1.64 bits per heavy atom. The van der Waals surface area contributed by atoms with E-state index in [-0.39, 0.29) is 47.6 Å². The maximum Gasteiger partial charge on any atom is 0.338 e. The number of rotatable bonds is 13. The Morgan fingerprint density at radius 1 is 0.699 bits per heavy atom. The van der Waals surface area contributed by atoms with Crippen molar-refractivity contribution in [2.24, 2.45) is 26.5 Å². The van der Waals surface area contributed by atoms with Crippen LogP contribution in [0.3, 0.4) is 0 Å². The number of nitrogens with zero attached hydrogens (tertiary/aromatic N) is 2. The second-order valence-electron chi connectivity index (χ2n) is 20.0. The molecule has 3 aliphatic rings. The molecule has 0 radical (unpaired) electrons. The van der Waals surface area contributed by atoms with E-state index in [4.69, 9.17) is 24.9 Å². The lowest BCUT2D eigenvalue weighted by Crippen LogP contribution is -2.48. The van der Waals surface area contributed by atoms with Crippen LogP contribution in [0.2, 0.25) is 0 Å². The molecule has 15 nitrogen and oxygen atoms in total. The number of esters is 1. The first-order chi connectivity index (χ1) is 34.0. The molecule has 0 aromatic heterocycles. The van der Waals surface area contributed by atoms with Crippen LogP contribution in [0.5, 0.6) is 0 Å². The predicted molar refractivity (Wildman–Crippen MR) is 282 cm³/mol. The maximum atomic E-state index is 13.2. The predicted octanol–water partition coefficient (Wildman–Crippen LogP) is 5.28. The van der Waals surface area contributed by atoms with E-state index in [1.165, 1.54) is 26.4 Å². The van der Waals surface area contributed by atoms with Crippen LogP contribution in [0.15, 0.2) is 143 Å². The second-order valence-corrected chi connectivity index (χ2v) is 20.0. The molecule has 3 heterocycles. The number of carbonyl (C=O) groups is 4. The highest BCUT2D eigenvalue weighted by atomic mass is 35.5. The van der Waals surface area contributed by atoms with Gasteiger partial charge in [0.05, 0.1) is 11.4 Å². The number of aliphatic hydroxyl groups is 5. The van der Waals surface area contributed by atoms with Crippen LogP contribution in [-0.4, -0.2) is 136 Å². The summed E-state index contributed by atoms with van der Waals surface area (Å²) in [5, 5.41) is 51.0. The highest BCUT2D eigenvalue weighted by molar-refractivity contribution is 6.17. The number of nitrogens with two attached hydrogens (primary N) is 1. The fourth-order valence-corrected chi connectivity index (χ4v) is 8.04. The summed E-state index contributed by atoms with van der Waals surface area (Å²) in [5.41, 5.74) is 12.4. The topological polar surface area (TPSA) is 248 Å². The minimum atomic E-state index is -1.70. The van der Waals surface area contributed by atoms with Crippen molar-refractivity contribution < 1.29 is 58.9 Å². The summed E-state index contributed by atoms with van der Waals surface area (Å²) in [6, 6.07) is 33.7. The van der Waals surface area contributed by atoms with Crippen molar-refractivity contribution in [1.82, 2.24) is 0 Å². The number of halogens is 1. The van der Waals surface area contributed by atoms with Gasteiger partial charge in [-0.25, -0.2) is 4.79 Å². The lowest BCUT2D eigenvalue weighted by Gasteiger charge is -2.27. The fraction of sp³-hybridized carbons (Fsp3) is 0.404. The molecule has 4 aromatic carbocycles. The fourth-order valence-electron chi connectivity index (χ4n) is 8.04. The summed E-state index contributed by atoms with van der Waals surface area (Å²) in [4.78, 5) is 58.6. The summed E-state index contributed by atoms with van der Waals surface area (Å²) in [7, 11) is 2.55. The van der Waals surface area contributed by atoms with Crippen LogP contribution < -0.4 is 5.73 Å². The molecule has 1 fully saturated rings. The van der Waals surface area contributed by atoms with Gasteiger partial charge in [0.25, 0.3) is 0 Å². The van der Waals surface area contributed by atoms with Gasteiger partial charge in [0.2, 0.25) is 0 Å². The Labute approximate surface area is 434 Å². The van der Waals surface area contributed by atoms with E-state index in [1.807, 2.05) is 151 Å². The molecule has 16 heteroatoms. The van der Waals surface area contributed by atoms with Gasteiger partial charge in [0.1, 0.15) is 42.7 Å². The van der Waals surface area contributed by atoms with Gasteiger partial charge in [0, 0.05) is 55.7 Å². The molecular formula is C57H70ClN3O12. The third-order valence-electron chi connectivity index (χ3n) is 11.9. The van der Waals surface area contributed by atoms with Crippen LogP contribution in [0.1, 0.15) is 81.3 Å². The molecule has 10 atom stereocenters. The van der Waals surface area contributed by atoms with Crippen LogP contribution in [0, 0.1) is 10.8 Å². The molecular weight excluding hydrogens is 954 g/mol. The molecule has 0 saturated carbocycles. The number of allylic oxidation sites excluding steroid dienone is 2. The zero-order chi connectivity index (χ0) is 52.9. The first kappa shape index (κ1) is 59.7. The second kappa shape index (κ2) is 26.9. The third kappa shape index (κ3) is 16.6. The number of hydrogen-bond acceptors (Lipinski definition) is 15. The monoisotopic (exact) mass is 1020 g/mol. The Morgan fingerprint density at radius 2 is 1.16 bits per heavy atom. The molecule has 1 saturated heterocycles. The minimum Gasteiger partial charge on any atom is -0.454 e. The van der Waals surface area contributed by atoms with Crippen LogP contribution in [-0.2, 0) is 46.2 Å². The van der Waals surface area contributed by atoms with E-state index < -0.39 is 72.8 Å². The Hall–Kier alpha value is -5.85. The van der Waals surface area contributed by atoms with Gasteiger partial charge < -0.3 is 45.5 Å².